The second-order valence-electron chi connectivity index (χ2n) is 7.12. The molecule has 10 heteroatoms. The van der Waals surface area contributed by atoms with Crippen molar-refractivity contribution < 1.29 is 38.1 Å². The van der Waals surface area contributed by atoms with Gasteiger partial charge in [-0.3, -0.25) is 4.79 Å². The summed E-state index contributed by atoms with van der Waals surface area (Å²) in [5, 5.41) is 5.46. The third kappa shape index (κ3) is 8.91. The lowest BCUT2D eigenvalue weighted by Gasteiger charge is -2.19. The third-order valence-electron chi connectivity index (χ3n) is 3.50. The van der Waals surface area contributed by atoms with E-state index >= 15 is 0 Å². The Labute approximate surface area is 175 Å². The maximum Gasteiger partial charge on any atom is 0.412 e. The van der Waals surface area contributed by atoms with E-state index < -0.39 is 23.6 Å². The molecule has 0 aromatic heterocycles. The minimum absolute atomic E-state index is 0.00632. The van der Waals surface area contributed by atoms with Gasteiger partial charge in [-0.15, -0.1) is 0 Å². The molecule has 0 fully saturated rings. The first-order chi connectivity index (χ1) is 14.1. The molecule has 0 saturated carbocycles. The Balaban J connectivity index is 2.45. The summed E-state index contributed by atoms with van der Waals surface area (Å²) in [4.78, 5) is 47.1. The zero-order valence-corrected chi connectivity index (χ0v) is 17.8. The lowest BCUT2D eigenvalue weighted by molar-refractivity contribution is -0.153. The van der Waals surface area contributed by atoms with Crippen LogP contribution < -0.4 is 15.4 Å². The van der Waals surface area contributed by atoms with E-state index in [1.165, 1.54) is 32.4 Å². The molecule has 2 N–H and O–H groups in total. The molecule has 0 atom stereocenters. The van der Waals surface area contributed by atoms with Crippen LogP contribution in [-0.4, -0.2) is 63.5 Å². The van der Waals surface area contributed by atoms with Crippen molar-refractivity contribution in [3.63, 3.8) is 0 Å². The van der Waals surface area contributed by atoms with E-state index in [1.807, 2.05) is 0 Å². The molecule has 10 nitrogen and oxygen atoms in total. The van der Waals surface area contributed by atoms with Crippen LogP contribution in [-0.2, 0) is 19.0 Å². The van der Waals surface area contributed by atoms with E-state index in [1.54, 1.807) is 20.8 Å². The molecule has 1 rings (SSSR count). The number of hydrogen-bond acceptors (Lipinski definition) is 9. The van der Waals surface area contributed by atoms with Crippen molar-refractivity contribution in [1.82, 2.24) is 10.6 Å². The number of benzene rings is 1. The molecular weight excluding hydrogens is 396 g/mol. The van der Waals surface area contributed by atoms with Gasteiger partial charge in [0.25, 0.3) is 0 Å². The van der Waals surface area contributed by atoms with E-state index in [2.05, 4.69) is 20.1 Å². The van der Waals surface area contributed by atoms with Gasteiger partial charge in [0, 0.05) is 6.54 Å². The first kappa shape index (κ1) is 24.9. The summed E-state index contributed by atoms with van der Waals surface area (Å²) >= 11 is 0. The summed E-state index contributed by atoms with van der Waals surface area (Å²) in [5.74, 6) is -1.78. The summed E-state index contributed by atoms with van der Waals surface area (Å²) in [6.07, 6.45) is -0.184. The predicted molar refractivity (Wildman–Crippen MR) is 106 cm³/mol. The molecular formula is C20H28N2O8. The maximum atomic E-state index is 11.9. The van der Waals surface area contributed by atoms with Crippen LogP contribution >= 0.6 is 0 Å². The first-order valence-electron chi connectivity index (χ1n) is 9.26. The molecule has 0 aliphatic carbocycles. The zero-order valence-electron chi connectivity index (χ0n) is 17.8. The summed E-state index contributed by atoms with van der Waals surface area (Å²) in [6.45, 7) is 6.22. The van der Waals surface area contributed by atoms with Crippen LogP contribution in [0.1, 0.15) is 47.9 Å². The Morgan fingerprint density at radius 3 is 2.17 bits per heavy atom. The largest absolute Gasteiger partial charge is 0.465 e. The van der Waals surface area contributed by atoms with Crippen LogP contribution in [0.15, 0.2) is 18.2 Å². The van der Waals surface area contributed by atoms with Gasteiger partial charge in [0.2, 0.25) is 0 Å². The molecule has 0 unspecified atom stereocenters. The summed E-state index contributed by atoms with van der Waals surface area (Å²) in [7, 11) is 2.35. The molecule has 0 bridgehead atoms. The average Bonchev–Trinajstić information content (AvgIpc) is 2.67. The fourth-order valence-electron chi connectivity index (χ4n) is 2.27. The number of carbonyl (C=O) groups excluding carboxylic acids is 4. The van der Waals surface area contributed by atoms with E-state index in [-0.39, 0.29) is 29.4 Å². The Bertz CT molecular complexity index is 771. The highest BCUT2D eigenvalue weighted by molar-refractivity contribution is 6.03. The second kappa shape index (κ2) is 11.8. The molecule has 0 radical (unpaired) electrons. The quantitative estimate of drug-likeness (QED) is 0.345. The monoisotopic (exact) mass is 424 g/mol. The van der Waals surface area contributed by atoms with Crippen molar-refractivity contribution >= 4 is 24.0 Å². The van der Waals surface area contributed by atoms with Gasteiger partial charge < -0.3 is 29.6 Å². The van der Waals surface area contributed by atoms with Crippen LogP contribution in [0, 0.1) is 0 Å². The molecule has 1 amide bonds. The number of hydrogen-bond donors (Lipinski definition) is 2. The summed E-state index contributed by atoms with van der Waals surface area (Å²) < 4.78 is 19.5. The molecule has 1 aromatic carbocycles. The fraction of sp³-hybridized carbons (Fsp3) is 0.500. The smallest absolute Gasteiger partial charge is 0.412 e. The highest BCUT2D eigenvalue weighted by atomic mass is 16.6. The van der Waals surface area contributed by atoms with Gasteiger partial charge in [0.15, 0.2) is 0 Å². The number of esters is 3. The van der Waals surface area contributed by atoms with Gasteiger partial charge >= 0.3 is 24.0 Å². The lowest BCUT2D eigenvalue weighted by atomic mass is 10.1. The van der Waals surface area contributed by atoms with Gasteiger partial charge in [-0.05, 0) is 51.9 Å². The number of methoxy groups -OCH3 is 2. The van der Waals surface area contributed by atoms with Gasteiger partial charge in [-0.25, -0.2) is 14.4 Å². The molecule has 1 aromatic rings. The van der Waals surface area contributed by atoms with E-state index in [9.17, 15) is 19.2 Å². The van der Waals surface area contributed by atoms with E-state index in [4.69, 9.17) is 9.47 Å². The van der Waals surface area contributed by atoms with Crippen molar-refractivity contribution in [3.8, 4) is 5.75 Å². The highest BCUT2D eigenvalue weighted by Crippen LogP contribution is 2.20. The Hall–Kier alpha value is -3.14. The van der Waals surface area contributed by atoms with Crippen LogP contribution in [0.4, 0.5) is 4.79 Å². The molecule has 166 valence electrons. The van der Waals surface area contributed by atoms with Crippen LogP contribution in [0.3, 0.4) is 0 Å². The SMILES string of the molecule is COC(=O)c1ccc(OC(=O)NCCCNCC(=O)OC(C)(C)C)cc1C(=O)OC. The van der Waals surface area contributed by atoms with Crippen molar-refractivity contribution in [2.75, 3.05) is 33.9 Å². The van der Waals surface area contributed by atoms with E-state index in [0.717, 1.165) is 0 Å². The Kier molecular flexibility index (Phi) is 9.76. The summed E-state index contributed by atoms with van der Waals surface area (Å²) in [5.41, 5.74) is -0.624. The lowest BCUT2D eigenvalue weighted by Crippen LogP contribution is -2.33. The fourth-order valence-corrected chi connectivity index (χ4v) is 2.27. The predicted octanol–water partition coefficient (Wildman–Crippen LogP) is 1.67. The molecule has 0 saturated heterocycles. The Morgan fingerprint density at radius 2 is 1.57 bits per heavy atom. The Morgan fingerprint density at radius 1 is 0.933 bits per heavy atom. The average molecular weight is 424 g/mol. The highest BCUT2D eigenvalue weighted by Gasteiger charge is 2.20. The molecule has 0 heterocycles. The topological polar surface area (TPSA) is 129 Å². The molecule has 30 heavy (non-hydrogen) atoms. The molecule has 0 aliphatic rings. The van der Waals surface area contributed by atoms with E-state index in [0.29, 0.717) is 19.5 Å². The van der Waals surface area contributed by atoms with Crippen molar-refractivity contribution in [3.05, 3.63) is 29.3 Å². The molecule has 0 aliphatic heterocycles. The normalized spacial score (nSPS) is 10.7. The van der Waals surface area contributed by atoms with Crippen LogP contribution in [0.5, 0.6) is 5.75 Å². The number of ether oxygens (including phenoxy) is 4. The van der Waals surface area contributed by atoms with Crippen LogP contribution in [0.25, 0.3) is 0 Å². The minimum Gasteiger partial charge on any atom is -0.465 e. The molecule has 0 spiro atoms. The van der Waals surface area contributed by atoms with Crippen molar-refractivity contribution in [2.45, 2.75) is 32.8 Å². The maximum absolute atomic E-state index is 11.9. The zero-order chi connectivity index (χ0) is 22.7. The van der Waals surface area contributed by atoms with Gasteiger partial charge in [-0.1, -0.05) is 0 Å². The van der Waals surface area contributed by atoms with Crippen LogP contribution in [0.2, 0.25) is 0 Å². The van der Waals surface area contributed by atoms with Gasteiger partial charge in [-0.2, -0.15) is 0 Å². The number of carbonyl (C=O) groups is 4. The number of rotatable bonds is 9. The number of amides is 1. The summed E-state index contributed by atoms with van der Waals surface area (Å²) in [6, 6.07) is 3.89. The van der Waals surface area contributed by atoms with Gasteiger partial charge in [0.05, 0.1) is 31.9 Å². The first-order valence-corrected chi connectivity index (χ1v) is 9.26. The van der Waals surface area contributed by atoms with Crippen molar-refractivity contribution in [1.29, 1.82) is 0 Å². The van der Waals surface area contributed by atoms with Gasteiger partial charge in [0.1, 0.15) is 11.4 Å². The number of nitrogens with one attached hydrogen (secondary N) is 2. The second-order valence-corrected chi connectivity index (χ2v) is 7.12. The third-order valence-corrected chi connectivity index (χ3v) is 3.50. The standard InChI is InChI=1S/C20H28N2O8/c1-20(2,3)30-16(23)12-21-9-6-10-22-19(26)29-13-7-8-14(17(24)27-4)15(11-13)18(25)28-5/h7-8,11,21H,6,9-10,12H2,1-5H3,(H,22,26). The minimum atomic E-state index is -0.766. The van der Waals surface area contributed by atoms with Crippen molar-refractivity contribution in [2.24, 2.45) is 0 Å².